The van der Waals surface area contributed by atoms with Gasteiger partial charge in [-0.25, -0.2) is 4.98 Å². The molecule has 0 radical (unpaired) electrons. The first-order chi connectivity index (χ1) is 14.8. The molecule has 0 atom stereocenters. The van der Waals surface area contributed by atoms with Crippen molar-refractivity contribution in [1.82, 2.24) is 14.8 Å². The Kier molecular flexibility index (Phi) is 5.77. The molecule has 0 aliphatic carbocycles. The second-order valence-corrected chi connectivity index (χ2v) is 8.66. The minimum Gasteiger partial charge on any atom is -0.339 e. The SMILES string of the molecule is Cc1ccc(-c2cc(C(=O)N3CCN(C(=O)C(C)C)CC3)c3ccccc3n2)c(C)c1. The van der Waals surface area contributed by atoms with E-state index in [4.69, 9.17) is 4.98 Å². The third kappa shape index (κ3) is 4.18. The van der Waals surface area contributed by atoms with Gasteiger partial charge in [0.05, 0.1) is 16.8 Å². The highest BCUT2D eigenvalue weighted by atomic mass is 16.2. The maximum absolute atomic E-state index is 13.5. The molecular weight excluding hydrogens is 386 g/mol. The predicted molar refractivity (Wildman–Crippen MR) is 124 cm³/mol. The monoisotopic (exact) mass is 415 g/mol. The van der Waals surface area contributed by atoms with E-state index in [0.717, 1.165) is 27.7 Å². The second kappa shape index (κ2) is 8.50. The highest BCUT2D eigenvalue weighted by Crippen LogP contribution is 2.28. The van der Waals surface area contributed by atoms with E-state index < -0.39 is 0 Å². The quantitative estimate of drug-likeness (QED) is 0.635. The predicted octanol–water partition coefficient (Wildman–Crippen LogP) is 4.46. The van der Waals surface area contributed by atoms with E-state index in [1.807, 2.05) is 54.0 Å². The van der Waals surface area contributed by atoms with Crippen molar-refractivity contribution in [2.24, 2.45) is 5.92 Å². The fraction of sp³-hybridized carbons (Fsp3) is 0.346. The largest absolute Gasteiger partial charge is 0.339 e. The normalized spacial score (nSPS) is 14.4. The minimum absolute atomic E-state index is 0.00117. The molecule has 0 bridgehead atoms. The van der Waals surface area contributed by atoms with Crippen molar-refractivity contribution < 1.29 is 9.59 Å². The summed E-state index contributed by atoms with van der Waals surface area (Å²) in [6.07, 6.45) is 0. The Morgan fingerprint density at radius 1 is 0.903 bits per heavy atom. The number of aromatic nitrogens is 1. The van der Waals surface area contributed by atoms with Gasteiger partial charge < -0.3 is 9.80 Å². The highest BCUT2D eigenvalue weighted by molar-refractivity contribution is 6.07. The summed E-state index contributed by atoms with van der Waals surface area (Å²) in [6.45, 7) is 10.2. The van der Waals surface area contributed by atoms with E-state index in [-0.39, 0.29) is 17.7 Å². The number of rotatable bonds is 3. The lowest BCUT2D eigenvalue weighted by Crippen LogP contribution is -2.51. The molecule has 5 nitrogen and oxygen atoms in total. The number of benzene rings is 2. The van der Waals surface area contributed by atoms with Crippen molar-refractivity contribution in [2.45, 2.75) is 27.7 Å². The number of para-hydroxylation sites is 1. The molecule has 1 aromatic heterocycles. The number of nitrogens with zero attached hydrogens (tertiary/aromatic N) is 3. The Morgan fingerprint density at radius 3 is 2.26 bits per heavy atom. The van der Waals surface area contributed by atoms with Gasteiger partial charge in [0, 0.05) is 43.0 Å². The summed E-state index contributed by atoms with van der Waals surface area (Å²) in [5.74, 6) is 0.131. The van der Waals surface area contributed by atoms with Gasteiger partial charge in [0.25, 0.3) is 5.91 Å². The van der Waals surface area contributed by atoms with E-state index in [0.29, 0.717) is 31.7 Å². The number of aryl methyl sites for hydroxylation is 2. The molecule has 3 aromatic rings. The molecule has 1 aliphatic rings. The van der Waals surface area contributed by atoms with Crippen LogP contribution in [0.15, 0.2) is 48.5 Å². The van der Waals surface area contributed by atoms with Crippen LogP contribution in [0.3, 0.4) is 0 Å². The molecule has 1 fully saturated rings. The smallest absolute Gasteiger partial charge is 0.254 e. The number of pyridine rings is 1. The number of hydrogen-bond acceptors (Lipinski definition) is 3. The maximum Gasteiger partial charge on any atom is 0.254 e. The van der Waals surface area contributed by atoms with Crippen LogP contribution in [0.25, 0.3) is 22.2 Å². The molecule has 2 amide bonds. The summed E-state index contributed by atoms with van der Waals surface area (Å²) in [4.78, 5) is 34.4. The van der Waals surface area contributed by atoms with Gasteiger partial charge in [-0.3, -0.25) is 9.59 Å². The number of hydrogen-bond donors (Lipinski definition) is 0. The van der Waals surface area contributed by atoms with E-state index in [2.05, 4.69) is 32.0 Å². The summed E-state index contributed by atoms with van der Waals surface area (Å²) < 4.78 is 0. The topological polar surface area (TPSA) is 53.5 Å². The summed E-state index contributed by atoms with van der Waals surface area (Å²) >= 11 is 0. The van der Waals surface area contributed by atoms with Gasteiger partial charge in [0.1, 0.15) is 0 Å². The van der Waals surface area contributed by atoms with Gasteiger partial charge in [-0.1, -0.05) is 55.8 Å². The zero-order valence-corrected chi connectivity index (χ0v) is 18.7. The van der Waals surface area contributed by atoms with Crippen molar-refractivity contribution in [1.29, 1.82) is 0 Å². The van der Waals surface area contributed by atoms with E-state index in [1.54, 1.807) is 0 Å². The molecule has 160 valence electrons. The molecule has 2 heterocycles. The Morgan fingerprint density at radius 2 is 1.58 bits per heavy atom. The van der Waals surface area contributed by atoms with E-state index in [9.17, 15) is 9.59 Å². The molecule has 31 heavy (non-hydrogen) atoms. The first kappa shape index (κ1) is 21.0. The zero-order valence-electron chi connectivity index (χ0n) is 18.7. The Hall–Kier alpha value is -3.21. The molecule has 0 N–H and O–H groups in total. The third-order valence-corrected chi connectivity index (χ3v) is 5.98. The van der Waals surface area contributed by atoms with Crippen molar-refractivity contribution in [3.05, 3.63) is 65.2 Å². The molecule has 1 aliphatic heterocycles. The molecular formula is C26H29N3O2. The Labute approximate surface area is 183 Å². The van der Waals surface area contributed by atoms with Crippen LogP contribution in [0.4, 0.5) is 0 Å². The lowest BCUT2D eigenvalue weighted by Gasteiger charge is -2.35. The van der Waals surface area contributed by atoms with Crippen molar-refractivity contribution in [3.8, 4) is 11.3 Å². The first-order valence-electron chi connectivity index (χ1n) is 10.9. The van der Waals surface area contributed by atoms with Crippen LogP contribution in [0, 0.1) is 19.8 Å². The summed E-state index contributed by atoms with van der Waals surface area (Å²) in [5, 5.41) is 0.863. The van der Waals surface area contributed by atoms with Gasteiger partial charge in [0.2, 0.25) is 5.91 Å². The van der Waals surface area contributed by atoms with Crippen LogP contribution >= 0.6 is 0 Å². The van der Waals surface area contributed by atoms with Gasteiger partial charge in [-0.2, -0.15) is 0 Å². The number of fused-ring (bicyclic) bond motifs is 1. The van der Waals surface area contributed by atoms with Crippen LogP contribution in [-0.2, 0) is 4.79 Å². The molecule has 0 saturated carbocycles. The number of carbonyl (C=O) groups is 2. The summed E-state index contributed by atoms with van der Waals surface area (Å²) in [7, 11) is 0. The van der Waals surface area contributed by atoms with Crippen LogP contribution in [0.5, 0.6) is 0 Å². The highest BCUT2D eigenvalue weighted by Gasteiger charge is 2.27. The average Bonchev–Trinajstić information content (AvgIpc) is 2.77. The fourth-order valence-electron chi connectivity index (χ4n) is 4.26. The van der Waals surface area contributed by atoms with Gasteiger partial charge in [-0.05, 0) is 31.5 Å². The molecule has 4 rings (SSSR count). The zero-order chi connectivity index (χ0) is 22.1. The fourth-order valence-corrected chi connectivity index (χ4v) is 4.26. The van der Waals surface area contributed by atoms with E-state index >= 15 is 0 Å². The van der Waals surface area contributed by atoms with Crippen LogP contribution in [0.2, 0.25) is 0 Å². The van der Waals surface area contributed by atoms with Crippen molar-refractivity contribution in [3.63, 3.8) is 0 Å². The molecule has 0 unspecified atom stereocenters. The number of piperazine rings is 1. The molecule has 1 saturated heterocycles. The van der Waals surface area contributed by atoms with Gasteiger partial charge in [0.15, 0.2) is 0 Å². The van der Waals surface area contributed by atoms with Gasteiger partial charge >= 0.3 is 0 Å². The van der Waals surface area contributed by atoms with Crippen molar-refractivity contribution >= 4 is 22.7 Å². The molecule has 0 spiro atoms. The van der Waals surface area contributed by atoms with Crippen molar-refractivity contribution in [2.75, 3.05) is 26.2 Å². The number of amides is 2. The van der Waals surface area contributed by atoms with Gasteiger partial charge in [-0.15, -0.1) is 0 Å². The summed E-state index contributed by atoms with van der Waals surface area (Å²) in [6, 6.07) is 16.0. The second-order valence-electron chi connectivity index (χ2n) is 8.66. The average molecular weight is 416 g/mol. The standard InChI is InChI=1S/C26H29N3O2/c1-17(2)25(30)28-11-13-29(14-12-28)26(31)22-16-24(20-10-9-18(3)15-19(20)4)27-23-8-6-5-7-21(22)23/h5-10,15-17H,11-14H2,1-4H3. The summed E-state index contributed by atoms with van der Waals surface area (Å²) in [5.41, 5.74) is 5.68. The Bertz CT molecular complexity index is 1140. The minimum atomic E-state index is -0.0216. The molecule has 5 heteroatoms. The van der Waals surface area contributed by atoms with Crippen LogP contribution in [0.1, 0.15) is 35.3 Å². The lowest BCUT2D eigenvalue weighted by molar-refractivity contribution is -0.135. The lowest BCUT2D eigenvalue weighted by atomic mass is 9.99. The number of carbonyl (C=O) groups excluding carboxylic acids is 2. The maximum atomic E-state index is 13.5. The van der Waals surface area contributed by atoms with E-state index in [1.165, 1.54) is 5.56 Å². The van der Waals surface area contributed by atoms with Crippen LogP contribution in [-0.4, -0.2) is 52.8 Å². The molecule has 2 aromatic carbocycles. The van der Waals surface area contributed by atoms with Crippen LogP contribution < -0.4 is 0 Å². The third-order valence-electron chi connectivity index (χ3n) is 5.98. The Balaban J connectivity index is 1.68. The first-order valence-corrected chi connectivity index (χ1v) is 10.9.